The fourth-order valence-corrected chi connectivity index (χ4v) is 3.31. The second-order valence-corrected chi connectivity index (χ2v) is 6.64. The zero-order chi connectivity index (χ0) is 18.4. The number of amides is 1. The fraction of sp³-hybridized carbons (Fsp3) is 0.350. The van der Waals surface area contributed by atoms with Gasteiger partial charge < -0.3 is 5.32 Å². The molecule has 1 heterocycles. The highest BCUT2D eigenvalue weighted by Gasteiger charge is 2.15. The Bertz CT molecular complexity index is 785. The van der Waals surface area contributed by atoms with Crippen LogP contribution in [-0.2, 0) is 24.3 Å². The van der Waals surface area contributed by atoms with Crippen molar-refractivity contribution in [3.05, 3.63) is 75.3 Å². The molecule has 1 saturated heterocycles. The monoisotopic (exact) mass is 353 g/mol. The molecule has 1 amide bonds. The van der Waals surface area contributed by atoms with Crippen molar-refractivity contribution in [2.45, 2.75) is 32.4 Å². The first-order valence-corrected chi connectivity index (χ1v) is 8.91. The summed E-state index contributed by atoms with van der Waals surface area (Å²) >= 11 is 0. The average molecular weight is 353 g/mol. The highest BCUT2D eigenvalue weighted by Crippen LogP contribution is 2.18. The highest BCUT2D eigenvalue weighted by molar-refractivity contribution is 5.79. The van der Waals surface area contributed by atoms with E-state index in [1.807, 2.05) is 12.1 Å². The minimum Gasteiger partial charge on any atom is -0.352 e. The summed E-state index contributed by atoms with van der Waals surface area (Å²) in [5.74, 6) is -0.218. The van der Waals surface area contributed by atoms with Crippen LogP contribution in [0.4, 0.5) is 5.69 Å². The Morgan fingerprint density at radius 2 is 1.81 bits per heavy atom. The molecule has 136 valence electrons. The predicted molar refractivity (Wildman–Crippen MR) is 99.6 cm³/mol. The van der Waals surface area contributed by atoms with Crippen molar-refractivity contribution in [3.63, 3.8) is 0 Å². The van der Waals surface area contributed by atoms with Crippen LogP contribution < -0.4 is 5.32 Å². The number of nitrogens with zero attached hydrogens (tertiary/aromatic N) is 2. The van der Waals surface area contributed by atoms with Crippen LogP contribution in [0.15, 0.2) is 48.5 Å². The summed E-state index contributed by atoms with van der Waals surface area (Å²) < 4.78 is 0. The molecule has 3 rings (SSSR count). The van der Waals surface area contributed by atoms with Crippen molar-refractivity contribution < 1.29 is 9.72 Å². The smallest absolute Gasteiger partial charge is 0.273 e. The van der Waals surface area contributed by atoms with Gasteiger partial charge in [0, 0.05) is 24.7 Å². The van der Waals surface area contributed by atoms with E-state index in [-0.39, 0.29) is 18.0 Å². The van der Waals surface area contributed by atoms with E-state index in [4.69, 9.17) is 0 Å². The van der Waals surface area contributed by atoms with Gasteiger partial charge in [0.2, 0.25) is 5.91 Å². The molecule has 26 heavy (non-hydrogen) atoms. The van der Waals surface area contributed by atoms with Gasteiger partial charge in [-0.05, 0) is 37.1 Å². The normalized spacial score (nSPS) is 14.3. The van der Waals surface area contributed by atoms with Gasteiger partial charge in [-0.1, -0.05) is 42.5 Å². The Morgan fingerprint density at radius 3 is 2.58 bits per heavy atom. The molecule has 0 aromatic heterocycles. The number of hydrogen-bond donors (Lipinski definition) is 1. The molecule has 1 aliphatic heterocycles. The molecule has 2 aromatic carbocycles. The van der Waals surface area contributed by atoms with Gasteiger partial charge in [-0.2, -0.15) is 0 Å². The molecule has 6 nitrogen and oxygen atoms in total. The van der Waals surface area contributed by atoms with Crippen molar-refractivity contribution in [2.75, 3.05) is 13.1 Å². The Morgan fingerprint density at radius 1 is 1.08 bits per heavy atom. The number of benzene rings is 2. The van der Waals surface area contributed by atoms with Crippen LogP contribution in [0.1, 0.15) is 29.5 Å². The van der Waals surface area contributed by atoms with Gasteiger partial charge in [-0.25, -0.2) is 0 Å². The van der Waals surface area contributed by atoms with Gasteiger partial charge in [-0.15, -0.1) is 0 Å². The minimum absolute atomic E-state index is 0.00459. The topological polar surface area (TPSA) is 75.5 Å². The molecule has 1 fully saturated rings. The number of carbonyl (C=O) groups is 1. The zero-order valence-electron chi connectivity index (χ0n) is 14.7. The minimum atomic E-state index is -0.454. The lowest BCUT2D eigenvalue weighted by Crippen LogP contribution is -2.25. The summed E-state index contributed by atoms with van der Waals surface area (Å²) in [7, 11) is 0. The lowest BCUT2D eigenvalue weighted by Gasteiger charge is -2.15. The maximum Gasteiger partial charge on any atom is 0.273 e. The Labute approximate surface area is 153 Å². The Kier molecular flexibility index (Phi) is 5.96. The van der Waals surface area contributed by atoms with Crippen LogP contribution in [0.3, 0.4) is 0 Å². The van der Waals surface area contributed by atoms with Gasteiger partial charge in [-0.3, -0.25) is 19.8 Å². The maximum absolute atomic E-state index is 12.2. The second-order valence-electron chi connectivity index (χ2n) is 6.64. The third kappa shape index (κ3) is 4.89. The van der Waals surface area contributed by atoms with Crippen molar-refractivity contribution in [2.24, 2.45) is 0 Å². The standard InChI is InChI=1S/C20H23N3O3/c24-20(13-18-8-1-2-9-19(18)23(25)26)21-14-16-6-5-7-17(12-16)15-22-10-3-4-11-22/h1-2,5-9,12H,3-4,10-11,13-15H2,(H,21,24). The summed E-state index contributed by atoms with van der Waals surface area (Å²) in [4.78, 5) is 25.2. The van der Waals surface area contributed by atoms with Crippen molar-refractivity contribution in [3.8, 4) is 0 Å². The molecule has 0 aliphatic carbocycles. The number of carbonyl (C=O) groups excluding carboxylic acids is 1. The van der Waals surface area contributed by atoms with Crippen LogP contribution in [0, 0.1) is 10.1 Å². The molecule has 0 saturated carbocycles. The van der Waals surface area contributed by atoms with Crippen molar-refractivity contribution >= 4 is 11.6 Å². The first-order chi connectivity index (χ1) is 12.6. The number of nitro benzene ring substituents is 1. The largest absolute Gasteiger partial charge is 0.352 e. The molecule has 1 N–H and O–H groups in total. The predicted octanol–water partition coefficient (Wildman–Crippen LogP) is 3.05. The van der Waals surface area contributed by atoms with Gasteiger partial charge in [0.05, 0.1) is 11.3 Å². The first kappa shape index (κ1) is 18.1. The van der Waals surface area contributed by atoms with E-state index < -0.39 is 4.92 Å². The molecule has 0 unspecified atom stereocenters. The number of hydrogen-bond acceptors (Lipinski definition) is 4. The molecule has 0 radical (unpaired) electrons. The highest BCUT2D eigenvalue weighted by atomic mass is 16.6. The average Bonchev–Trinajstić information content (AvgIpc) is 3.13. The number of nitrogens with one attached hydrogen (secondary N) is 1. The van der Waals surface area contributed by atoms with Crippen molar-refractivity contribution in [1.29, 1.82) is 0 Å². The summed E-state index contributed by atoms with van der Waals surface area (Å²) in [6, 6.07) is 14.6. The zero-order valence-corrected chi connectivity index (χ0v) is 14.7. The van der Waals surface area contributed by atoms with E-state index in [1.54, 1.807) is 18.2 Å². The Balaban J connectivity index is 1.55. The SMILES string of the molecule is O=C(Cc1ccccc1[N+](=O)[O-])NCc1cccc(CN2CCCC2)c1. The molecule has 0 bridgehead atoms. The van der Waals surface area contributed by atoms with Gasteiger partial charge >= 0.3 is 0 Å². The third-order valence-corrected chi connectivity index (χ3v) is 4.63. The van der Waals surface area contributed by atoms with E-state index >= 15 is 0 Å². The Hall–Kier alpha value is -2.73. The lowest BCUT2D eigenvalue weighted by molar-refractivity contribution is -0.385. The van der Waals surface area contributed by atoms with E-state index in [2.05, 4.69) is 22.3 Å². The van der Waals surface area contributed by atoms with E-state index in [9.17, 15) is 14.9 Å². The van der Waals surface area contributed by atoms with E-state index in [0.717, 1.165) is 25.2 Å². The quantitative estimate of drug-likeness (QED) is 0.613. The lowest BCUT2D eigenvalue weighted by atomic mass is 10.1. The van der Waals surface area contributed by atoms with Crippen LogP contribution in [0.25, 0.3) is 0 Å². The van der Waals surface area contributed by atoms with Gasteiger partial charge in [0.15, 0.2) is 0 Å². The molecule has 1 aliphatic rings. The van der Waals surface area contributed by atoms with Gasteiger partial charge in [0.25, 0.3) is 5.69 Å². The van der Waals surface area contributed by atoms with Gasteiger partial charge in [0.1, 0.15) is 0 Å². The number of nitro groups is 1. The fourth-order valence-electron chi connectivity index (χ4n) is 3.31. The number of para-hydroxylation sites is 1. The maximum atomic E-state index is 12.2. The van der Waals surface area contributed by atoms with E-state index in [1.165, 1.54) is 24.5 Å². The first-order valence-electron chi connectivity index (χ1n) is 8.91. The van der Waals surface area contributed by atoms with Crippen LogP contribution >= 0.6 is 0 Å². The van der Waals surface area contributed by atoms with Crippen LogP contribution in [-0.4, -0.2) is 28.8 Å². The summed E-state index contributed by atoms with van der Waals surface area (Å²) in [6.07, 6.45) is 2.54. The molecular formula is C20H23N3O3. The molecule has 6 heteroatoms. The second kappa shape index (κ2) is 8.58. The molecule has 0 atom stereocenters. The summed E-state index contributed by atoms with van der Waals surface area (Å²) in [5.41, 5.74) is 2.70. The third-order valence-electron chi connectivity index (χ3n) is 4.63. The number of likely N-dealkylation sites (tertiary alicyclic amines) is 1. The summed E-state index contributed by atoms with van der Waals surface area (Å²) in [5, 5.41) is 13.9. The molecule has 2 aromatic rings. The molecule has 0 spiro atoms. The molecular weight excluding hydrogens is 330 g/mol. The van der Waals surface area contributed by atoms with Crippen LogP contribution in [0.5, 0.6) is 0 Å². The summed E-state index contributed by atoms with van der Waals surface area (Å²) in [6.45, 7) is 3.67. The van der Waals surface area contributed by atoms with Crippen LogP contribution in [0.2, 0.25) is 0 Å². The van der Waals surface area contributed by atoms with E-state index in [0.29, 0.717) is 12.1 Å². The van der Waals surface area contributed by atoms with Crippen molar-refractivity contribution in [1.82, 2.24) is 10.2 Å². The number of rotatable bonds is 7.